The van der Waals surface area contributed by atoms with Gasteiger partial charge in [-0.05, 0) is 24.8 Å². The first-order valence-electron chi connectivity index (χ1n) is 7.33. The predicted molar refractivity (Wildman–Crippen MR) is 78.2 cm³/mol. The molecule has 1 aromatic rings. The van der Waals surface area contributed by atoms with Gasteiger partial charge in [0.2, 0.25) is 11.8 Å². The highest BCUT2D eigenvalue weighted by atomic mass is 16.2. The Morgan fingerprint density at radius 3 is 2.70 bits per heavy atom. The van der Waals surface area contributed by atoms with E-state index in [0.717, 1.165) is 25.7 Å². The number of nitrogens with one attached hydrogen (secondary N) is 1. The van der Waals surface area contributed by atoms with Crippen LogP contribution in [0, 0.1) is 0 Å². The summed E-state index contributed by atoms with van der Waals surface area (Å²) in [5, 5.41) is 2.67. The third-order valence-electron chi connectivity index (χ3n) is 3.68. The second kappa shape index (κ2) is 7.08. The van der Waals surface area contributed by atoms with E-state index in [1.807, 2.05) is 25.1 Å². The molecule has 1 fully saturated rings. The minimum atomic E-state index is -0.281. The van der Waals surface area contributed by atoms with Gasteiger partial charge in [0.05, 0.1) is 6.54 Å². The van der Waals surface area contributed by atoms with Crippen molar-refractivity contribution in [1.29, 1.82) is 0 Å². The lowest BCUT2D eigenvalue weighted by Crippen LogP contribution is -2.58. The van der Waals surface area contributed by atoms with Crippen LogP contribution in [0.4, 0.5) is 0 Å². The Labute approximate surface area is 120 Å². The molecule has 0 aromatic heterocycles. The van der Waals surface area contributed by atoms with Crippen molar-refractivity contribution in [3.63, 3.8) is 0 Å². The van der Waals surface area contributed by atoms with Crippen molar-refractivity contribution in [3.05, 3.63) is 35.9 Å². The van der Waals surface area contributed by atoms with Crippen molar-refractivity contribution in [2.75, 3.05) is 13.1 Å². The van der Waals surface area contributed by atoms with Crippen LogP contribution in [0.5, 0.6) is 0 Å². The fourth-order valence-corrected chi connectivity index (χ4v) is 2.64. The van der Waals surface area contributed by atoms with Crippen LogP contribution in [-0.2, 0) is 16.0 Å². The molecule has 2 rings (SSSR count). The van der Waals surface area contributed by atoms with E-state index >= 15 is 0 Å². The van der Waals surface area contributed by atoms with Crippen molar-refractivity contribution in [2.45, 2.75) is 38.6 Å². The molecular weight excluding hydrogens is 252 g/mol. The van der Waals surface area contributed by atoms with Crippen LogP contribution < -0.4 is 5.32 Å². The van der Waals surface area contributed by atoms with Crippen molar-refractivity contribution < 1.29 is 9.59 Å². The van der Waals surface area contributed by atoms with E-state index in [9.17, 15) is 9.59 Å². The lowest BCUT2D eigenvalue weighted by atomic mass is 10.0. The molecule has 1 N–H and O–H groups in total. The summed E-state index contributed by atoms with van der Waals surface area (Å²) in [7, 11) is 0. The molecule has 0 bridgehead atoms. The maximum Gasteiger partial charge on any atom is 0.243 e. The molecule has 2 amide bonds. The first-order chi connectivity index (χ1) is 9.72. The van der Waals surface area contributed by atoms with Crippen LogP contribution >= 0.6 is 0 Å². The van der Waals surface area contributed by atoms with Gasteiger partial charge in [-0.3, -0.25) is 9.59 Å². The second-order valence-electron chi connectivity index (χ2n) is 5.20. The van der Waals surface area contributed by atoms with E-state index in [1.165, 1.54) is 5.56 Å². The Morgan fingerprint density at radius 2 is 2.00 bits per heavy atom. The van der Waals surface area contributed by atoms with Gasteiger partial charge in [0.1, 0.15) is 6.04 Å². The zero-order chi connectivity index (χ0) is 14.4. The van der Waals surface area contributed by atoms with E-state index in [0.29, 0.717) is 6.54 Å². The van der Waals surface area contributed by atoms with E-state index in [4.69, 9.17) is 0 Å². The third kappa shape index (κ3) is 3.59. The zero-order valence-corrected chi connectivity index (χ0v) is 12.0. The Morgan fingerprint density at radius 1 is 1.25 bits per heavy atom. The molecule has 108 valence electrons. The maximum atomic E-state index is 12.0. The molecule has 0 aliphatic carbocycles. The molecule has 0 spiro atoms. The highest BCUT2D eigenvalue weighted by molar-refractivity contribution is 5.94. The summed E-state index contributed by atoms with van der Waals surface area (Å²) < 4.78 is 0. The quantitative estimate of drug-likeness (QED) is 0.859. The van der Waals surface area contributed by atoms with Gasteiger partial charge < -0.3 is 10.2 Å². The summed E-state index contributed by atoms with van der Waals surface area (Å²) in [6.45, 7) is 2.84. The Balaban J connectivity index is 1.91. The molecule has 1 aromatic carbocycles. The Bertz CT molecular complexity index is 459. The van der Waals surface area contributed by atoms with E-state index in [2.05, 4.69) is 17.4 Å². The van der Waals surface area contributed by atoms with Gasteiger partial charge in [0, 0.05) is 6.54 Å². The molecule has 20 heavy (non-hydrogen) atoms. The van der Waals surface area contributed by atoms with Crippen molar-refractivity contribution in [3.8, 4) is 0 Å². The SMILES string of the molecule is CCCC1C(=O)NCC(=O)N1CCCc1ccccc1. The first-order valence-corrected chi connectivity index (χ1v) is 7.33. The Kier molecular flexibility index (Phi) is 5.16. The Hall–Kier alpha value is -1.84. The van der Waals surface area contributed by atoms with Crippen LogP contribution in [0.2, 0.25) is 0 Å². The number of amides is 2. The lowest BCUT2D eigenvalue weighted by Gasteiger charge is -2.35. The van der Waals surface area contributed by atoms with Gasteiger partial charge in [0.15, 0.2) is 0 Å². The summed E-state index contributed by atoms with van der Waals surface area (Å²) in [6, 6.07) is 9.95. The highest BCUT2D eigenvalue weighted by Gasteiger charge is 2.32. The fraction of sp³-hybridized carbons (Fsp3) is 0.500. The second-order valence-corrected chi connectivity index (χ2v) is 5.20. The number of aryl methyl sites for hydroxylation is 1. The summed E-state index contributed by atoms with van der Waals surface area (Å²) in [5.74, 6) is 0.0299. The number of carbonyl (C=O) groups is 2. The minimum absolute atomic E-state index is 0.00818. The minimum Gasteiger partial charge on any atom is -0.345 e. The monoisotopic (exact) mass is 274 g/mol. The molecule has 1 unspecified atom stereocenters. The summed E-state index contributed by atoms with van der Waals surface area (Å²) in [5.41, 5.74) is 1.27. The molecule has 1 aliphatic rings. The van der Waals surface area contributed by atoms with Crippen LogP contribution in [0.25, 0.3) is 0 Å². The molecule has 1 saturated heterocycles. The average Bonchev–Trinajstić information content (AvgIpc) is 2.47. The maximum absolute atomic E-state index is 12.0. The van der Waals surface area contributed by atoms with Gasteiger partial charge >= 0.3 is 0 Å². The average molecular weight is 274 g/mol. The number of hydrogen-bond donors (Lipinski definition) is 1. The third-order valence-corrected chi connectivity index (χ3v) is 3.68. The van der Waals surface area contributed by atoms with E-state index in [1.54, 1.807) is 4.90 Å². The summed E-state index contributed by atoms with van der Waals surface area (Å²) in [4.78, 5) is 25.6. The molecule has 0 saturated carbocycles. The van der Waals surface area contributed by atoms with Crippen LogP contribution in [0.15, 0.2) is 30.3 Å². The van der Waals surface area contributed by atoms with Gasteiger partial charge in [-0.25, -0.2) is 0 Å². The summed E-state index contributed by atoms with van der Waals surface area (Å²) in [6.07, 6.45) is 3.47. The number of piperazine rings is 1. The molecular formula is C16H22N2O2. The molecule has 4 heteroatoms. The zero-order valence-electron chi connectivity index (χ0n) is 12.0. The van der Waals surface area contributed by atoms with Crippen molar-refractivity contribution in [1.82, 2.24) is 10.2 Å². The van der Waals surface area contributed by atoms with E-state index in [-0.39, 0.29) is 24.4 Å². The number of nitrogens with zero attached hydrogens (tertiary/aromatic N) is 1. The first kappa shape index (κ1) is 14.6. The predicted octanol–water partition coefficient (Wildman–Crippen LogP) is 1.75. The van der Waals surface area contributed by atoms with Crippen LogP contribution in [0.1, 0.15) is 31.7 Å². The van der Waals surface area contributed by atoms with Gasteiger partial charge in [0.25, 0.3) is 0 Å². The summed E-state index contributed by atoms with van der Waals surface area (Å²) >= 11 is 0. The molecule has 1 atom stereocenters. The standard InChI is InChI=1S/C16H22N2O2/c1-2-7-14-16(20)17-12-15(19)18(14)11-6-10-13-8-4-3-5-9-13/h3-5,8-9,14H,2,6-7,10-12H2,1H3,(H,17,20). The normalized spacial score (nSPS) is 19.1. The fourth-order valence-electron chi connectivity index (χ4n) is 2.64. The van der Waals surface area contributed by atoms with E-state index < -0.39 is 0 Å². The molecule has 4 nitrogen and oxygen atoms in total. The van der Waals surface area contributed by atoms with Gasteiger partial charge in [-0.15, -0.1) is 0 Å². The van der Waals surface area contributed by atoms with Crippen molar-refractivity contribution >= 4 is 11.8 Å². The smallest absolute Gasteiger partial charge is 0.243 e. The number of carbonyl (C=O) groups excluding carboxylic acids is 2. The molecule has 1 aliphatic heterocycles. The molecule has 1 heterocycles. The number of hydrogen-bond acceptors (Lipinski definition) is 2. The van der Waals surface area contributed by atoms with Crippen LogP contribution in [-0.4, -0.2) is 35.8 Å². The van der Waals surface area contributed by atoms with Crippen LogP contribution in [0.3, 0.4) is 0 Å². The number of rotatable bonds is 6. The van der Waals surface area contributed by atoms with Crippen molar-refractivity contribution in [2.24, 2.45) is 0 Å². The largest absolute Gasteiger partial charge is 0.345 e. The molecule has 0 radical (unpaired) electrons. The highest BCUT2D eigenvalue weighted by Crippen LogP contribution is 2.13. The lowest BCUT2D eigenvalue weighted by molar-refractivity contribution is -0.145. The topological polar surface area (TPSA) is 49.4 Å². The number of benzene rings is 1. The van der Waals surface area contributed by atoms with Gasteiger partial charge in [-0.1, -0.05) is 43.7 Å². The van der Waals surface area contributed by atoms with Gasteiger partial charge in [-0.2, -0.15) is 0 Å².